The summed E-state index contributed by atoms with van der Waals surface area (Å²) in [5.74, 6) is 1.63. The molecule has 7 nitrogen and oxygen atoms in total. The van der Waals surface area contributed by atoms with Gasteiger partial charge in [-0.1, -0.05) is 0 Å². The van der Waals surface area contributed by atoms with E-state index < -0.39 is 5.54 Å². The molecule has 136 valence electrons. The summed E-state index contributed by atoms with van der Waals surface area (Å²) in [5.41, 5.74) is 0.271. The minimum absolute atomic E-state index is 0.110. The molecule has 3 rings (SSSR count). The Balaban J connectivity index is 1.67. The Bertz CT molecular complexity index is 689. The Kier molecular flexibility index (Phi) is 4.60. The van der Waals surface area contributed by atoms with Crippen molar-refractivity contribution in [2.24, 2.45) is 5.92 Å². The number of rotatable bonds is 7. The SMILES string of the molecule is COc1ccc(C[NH+](C)CN2C(=O)N[C@@](C)(C3CC3)C2=O)c(OC)c1. The summed E-state index contributed by atoms with van der Waals surface area (Å²) in [6.45, 7) is 2.79. The predicted octanol–water partition coefficient (Wildman–Crippen LogP) is 0.397. The first-order chi connectivity index (χ1) is 11.9. The van der Waals surface area contributed by atoms with Crippen molar-refractivity contribution in [3.8, 4) is 11.5 Å². The number of imide groups is 1. The van der Waals surface area contributed by atoms with Gasteiger partial charge in [-0.2, -0.15) is 0 Å². The molecule has 7 heteroatoms. The number of nitrogens with one attached hydrogen (secondary N) is 2. The Morgan fingerprint density at radius 2 is 2.00 bits per heavy atom. The van der Waals surface area contributed by atoms with Crippen LogP contribution >= 0.6 is 0 Å². The molecular formula is C18H26N3O4+. The molecule has 0 radical (unpaired) electrons. The Hall–Kier alpha value is -2.28. The van der Waals surface area contributed by atoms with Gasteiger partial charge >= 0.3 is 6.03 Å². The number of urea groups is 1. The maximum absolute atomic E-state index is 12.7. The number of methoxy groups -OCH3 is 2. The molecule has 0 bridgehead atoms. The van der Waals surface area contributed by atoms with Crippen LogP contribution in [0.4, 0.5) is 4.79 Å². The topological polar surface area (TPSA) is 72.3 Å². The Morgan fingerprint density at radius 1 is 1.28 bits per heavy atom. The minimum Gasteiger partial charge on any atom is -0.497 e. The van der Waals surface area contributed by atoms with Crippen LogP contribution < -0.4 is 19.7 Å². The number of hydrogen-bond acceptors (Lipinski definition) is 4. The summed E-state index contributed by atoms with van der Waals surface area (Å²) in [5, 5.41) is 2.88. The Morgan fingerprint density at radius 3 is 2.60 bits per heavy atom. The molecule has 1 heterocycles. The zero-order chi connectivity index (χ0) is 18.2. The van der Waals surface area contributed by atoms with Crippen LogP contribution in [0.5, 0.6) is 11.5 Å². The lowest BCUT2D eigenvalue weighted by atomic mass is 9.96. The van der Waals surface area contributed by atoms with E-state index in [4.69, 9.17) is 9.47 Å². The molecule has 1 aliphatic heterocycles. The van der Waals surface area contributed by atoms with E-state index in [0.29, 0.717) is 13.2 Å². The number of ether oxygens (including phenoxy) is 2. The van der Waals surface area contributed by atoms with Crippen molar-refractivity contribution in [3.05, 3.63) is 23.8 Å². The van der Waals surface area contributed by atoms with E-state index in [1.807, 2.05) is 32.2 Å². The number of carbonyl (C=O) groups excluding carboxylic acids is 2. The first-order valence-corrected chi connectivity index (χ1v) is 8.55. The van der Waals surface area contributed by atoms with Gasteiger partial charge in [0.1, 0.15) is 23.6 Å². The van der Waals surface area contributed by atoms with Gasteiger partial charge in [-0.3, -0.25) is 4.79 Å². The van der Waals surface area contributed by atoms with E-state index >= 15 is 0 Å². The first kappa shape index (κ1) is 17.5. The van der Waals surface area contributed by atoms with E-state index in [9.17, 15) is 9.59 Å². The lowest BCUT2D eigenvalue weighted by Gasteiger charge is -2.23. The molecule has 1 saturated carbocycles. The smallest absolute Gasteiger partial charge is 0.329 e. The maximum Gasteiger partial charge on any atom is 0.329 e. The van der Waals surface area contributed by atoms with Crippen molar-refractivity contribution >= 4 is 11.9 Å². The summed E-state index contributed by atoms with van der Waals surface area (Å²) in [6, 6.07) is 5.37. The van der Waals surface area contributed by atoms with Gasteiger partial charge in [0.2, 0.25) is 0 Å². The van der Waals surface area contributed by atoms with Gasteiger partial charge in [0, 0.05) is 11.6 Å². The zero-order valence-electron chi connectivity index (χ0n) is 15.2. The zero-order valence-corrected chi connectivity index (χ0v) is 15.2. The van der Waals surface area contributed by atoms with Crippen molar-refractivity contribution < 1.29 is 24.0 Å². The van der Waals surface area contributed by atoms with E-state index in [0.717, 1.165) is 34.8 Å². The van der Waals surface area contributed by atoms with Gasteiger partial charge in [0.15, 0.2) is 6.67 Å². The van der Waals surface area contributed by atoms with E-state index in [1.165, 1.54) is 4.90 Å². The van der Waals surface area contributed by atoms with Crippen molar-refractivity contribution in [2.45, 2.75) is 31.8 Å². The highest BCUT2D eigenvalue weighted by atomic mass is 16.5. The number of nitrogens with zero attached hydrogens (tertiary/aromatic N) is 1. The molecule has 2 atom stereocenters. The normalized spacial score (nSPS) is 24.2. The Labute approximate surface area is 147 Å². The summed E-state index contributed by atoms with van der Waals surface area (Å²) in [7, 11) is 5.18. The molecule has 25 heavy (non-hydrogen) atoms. The molecule has 1 unspecified atom stereocenters. The van der Waals surface area contributed by atoms with E-state index in [-0.39, 0.29) is 17.9 Å². The van der Waals surface area contributed by atoms with Crippen LogP contribution in [0.3, 0.4) is 0 Å². The molecular weight excluding hydrogens is 322 g/mol. The van der Waals surface area contributed by atoms with Gasteiger partial charge in [-0.05, 0) is 37.8 Å². The van der Waals surface area contributed by atoms with Crippen LogP contribution in [0.1, 0.15) is 25.3 Å². The third-order valence-electron chi connectivity index (χ3n) is 5.11. The average molecular weight is 348 g/mol. The number of benzene rings is 1. The van der Waals surface area contributed by atoms with Crippen LogP contribution in [-0.2, 0) is 11.3 Å². The molecule has 2 aliphatic rings. The fraction of sp³-hybridized carbons (Fsp3) is 0.556. The van der Waals surface area contributed by atoms with Crippen molar-refractivity contribution in [2.75, 3.05) is 27.9 Å². The standard InChI is InChI=1S/C18H25N3O4/c1-18(13-6-7-13)16(22)21(17(23)19-18)11-20(2)10-12-5-8-14(24-3)9-15(12)25-4/h5,8-9,13H,6-7,10-11H2,1-4H3,(H,19,23)/p+1/t18-/m0/s1. The van der Waals surface area contributed by atoms with Crippen LogP contribution in [0, 0.1) is 5.92 Å². The molecule has 1 saturated heterocycles. The van der Waals surface area contributed by atoms with Crippen LogP contribution in [0.2, 0.25) is 0 Å². The summed E-state index contributed by atoms with van der Waals surface area (Å²) in [4.78, 5) is 27.3. The van der Waals surface area contributed by atoms with Gasteiger partial charge in [0.05, 0.1) is 21.3 Å². The predicted molar refractivity (Wildman–Crippen MR) is 91.5 cm³/mol. The van der Waals surface area contributed by atoms with Gasteiger partial charge in [-0.25, -0.2) is 9.69 Å². The molecule has 3 amide bonds. The largest absolute Gasteiger partial charge is 0.497 e. The molecule has 2 N–H and O–H groups in total. The highest BCUT2D eigenvalue weighted by molar-refractivity contribution is 6.07. The third kappa shape index (κ3) is 3.28. The molecule has 0 aromatic heterocycles. The molecule has 1 aromatic rings. The lowest BCUT2D eigenvalue weighted by molar-refractivity contribution is -0.901. The fourth-order valence-electron chi connectivity index (χ4n) is 3.45. The average Bonchev–Trinajstić information content (AvgIpc) is 3.41. The number of carbonyl (C=O) groups is 2. The van der Waals surface area contributed by atoms with Gasteiger partial charge in [-0.15, -0.1) is 0 Å². The summed E-state index contributed by atoms with van der Waals surface area (Å²) in [6.07, 6.45) is 2.00. The second-order valence-corrected chi connectivity index (χ2v) is 7.11. The molecule has 1 aliphatic carbocycles. The molecule has 2 fully saturated rings. The highest BCUT2D eigenvalue weighted by Gasteiger charge is 2.56. The highest BCUT2D eigenvalue weighted by Crippen LogP contribution is 2.42. The summed E-state index contributed by atoms with van der Waals surface area (Å²) < 4.78 is 10.6. The quantitative estimate of drug-likeness (QED) is 0.700. The maximum atomic E-state index is 12.7. The number of quaternary nitrogens is 1. The molecule has 0 spiro atoms. The van der Waals surface area contributed by atoms with Crippen molar-refractivity contribution in [1.82, 2.24) is 10.2 Å². The van der Waals surface area contributed by atoms with E-state index in [2.05, 4.69) is 5.32 Å². The van der Waals surface area contributed by atoms with Crippen molar-refractivity contribution in [1.29, 1.82) is 0 Å². The van der Waals surface area contributed by atoms with Crippen LogP contribution in [0.15, 0.2) is 18.2 Å². The number of amides is 3. The fourth-order valence-corrected chi connectivity index (χ4v) is 3.45. The first-order valence-electron chi connectivity index (χ1n) is 8.55. The summed E-state index contributed by atoms with van der Waals surface area (Å²) >= 11 is 0. The lowest BCUT2D eigenvalue weighted by Crippen LogP contribution is -3.09. The van der Waals surface area contributed by atoms with E-state index in [1.54, 1.807) is 14.2 Å². The minimum atomic E-state index is -0.727. The third-order valence-corrected chi connectivity index (χ3v) is 5.11. The van der Waals surface area contributed by atoms with Gasteiger partial charge < -0.3 is 19.7 Å². The second kappa shape index (κ2) is 6.55. The van der Waals surface area contributed by atoms with Gasteiger partial charge in [0.25, 0.3) is 5.91 Å². The van der Waals surface area contributed by atoms with Crippen LogP contribution in [-0.4, -0.2) is 50.3 Å². The molecule has 1 aromatic carbocycles. The monoisotopic (exact) mass is 348 g/mol. The second-order valence-electron chi connectivity index (χ2n) is 7.11. The van der Waals surface area contributed by atoms with Crippen LogP contribution in [0.25, 0.3) is 0 Å². The number of hydrogen-bond donors (Lipinski definition) is 2. The van der Waals surface area contributed by atoms with Crippen molar-refractivity contribution in [3.63, 3.8) is 0 Å².